The topological polar surface area (TPSA) is 83.5 Å². The van der Waals surface area contributed by atoms with Crippen molar-refractivity contribution in [1.29, 1.82) is 0 Å². The lowest BCUT2D eigenvalue weighted by Crippen LogP contribution is -2.11. The monoisotopic (exact) mass is 227 g/mol. The molecule has 1 rings (SSSR count). The molecule has 0 aliphatic carbocycles. The van der Waals surface area contributed by atoms with Crippen molar-refractivity contribution in [2.24, 2.45) is 0 Å². The van der Waals surface area contributed by atoms with Crippen molar-refractivity contribution in [2.45, 2.75) is 4.90 Å². The second kappa shape index (κ2) is 4.24. The van der Waals surface area contributed by atoms with Crippen LogP contribution >= 0.6 is 0 Å². The fourth-order valence-corrected chi connectivity index (χ4v) is 1.63. The molecule has 0 heterocycles. The van der Waals surface area contributed by atoms with E-state index in [1.807, 2.05) is 0 Å². The predicted molar refractivity (Wildman–Crippen MR) is 55.1 cm³/mol. The SMILES string of the molecule is C=CC(=O)Nc1ccccc1S(=O)(=O)O. The van der Waals surface area contributed by atoms with Crippen LogP contribution in [0.15, 0.2) is 41.8 Å². The van der Waals surface area contributed by atoms with Gasteiger partial charge in [-0.1, -0.05) is 18.7 Å². The Kier molecular flexibility index (Phi) is 3.23. The first-order valence-electron chi connectivity index (χ1n) is 3.95. The maximum atomic E-state index is 11.0. The van der Waals surface area contributed by atoms with Gasteiger partial charge in [-0.2, -0.15) is 8.42 Å². The second-order valence-corrected chi connectivity index (χ2v) is 4.05. The molecule has 0 aliphatic rings. The van der Waals surface area contributed by atoms with Gasteiger partial charge in [-0.05, 0) is 18.2 Å². The third-order valence-electron chi connectivity index (χ3n) is 1.61. The molecule has 0 atom stereocenters. The Balaban J connectivity index is 3.19. The van der Waals surface area contributed by atoms with Gasteiger partial charge in [0, 0.05) is 0 Å². The van der Waals surface area contributed by atoms with Crippen LogP contribution in [-0.2, 0) is 14.9 Å². The Bertz CT molecular complexity index is 493. The highest BCUT2D eigenvalue weighted by Crippen LogP contribution is 2.20. The largest absolute Gasteiger partial charge is 0.321 e. The summed E-state index contributed by atoms with van der Waals surface area (Å²) in [5.41, 5.74) is 0.0184. The molecule has 0 fully saturated rings. The summed E-state index contributed by atoms with van der Waals surface area (Å²) in [6.07, 6.45) is 1.00. The summed E-state index contributed by atoms with van der Waals surface area (Å²) >= 11 is 0. The summed E-state index contributed by atoms with van der Waals surface area (Å²) in [4.78, 5) is 10.6. The van der Waals surface area contributed by atoms with Crippen LogP contribution in [0.25, 0.3) is 0 Å². The molecule has 0 saturated heterocycles. The number of hydrogen-bond donors (Lipinski definition) is 2. The van der Waals surface area contributed by atoms with E-state index in [4.69, 9.17) is 4.55 Å². The number of rotatable bonds is 3. The minimum atomic E-state index is -4.34. The minimum absolute atomic E-state index is 0.0184. The molecular formula is C9H9NO4S. The molecule has 0 aromatic heterocycles. The molecule has 0 saturated carbocycles. The number of amides is 1. The molecule has 1 aromatic carbocycles. The summed E-state index contributed by atoms with van der Waals surface area (Å²) in [5.74, 6) is -0.550. The highest BCUT2D eigenvalue weighted by Gasteiger charge is 2.15. The van der Waals surface area contributed by atoms with E-state index in [1.165, 1.54) is 24.3 Å². The van der Waals surface area contributed by atoms with Crippen molar-refractivity contribution >= 4 is 21.7 Å². The van der Waals surface area contributed by atoms with Gasteiger partial charge in [-0.25, -0.2) is 0 Å². The highest BCUT2D eigenvalue weighted by molar-refractivity contribution is 7.86. The van der Waals surface area contributed by atoms with E-state index in [0.717, 1.165) is 6.08 Å². The van der Waals surface area contributed by atoms with Gasteiger partial charge in [0.15, 0.2) is 0 Å². The number of benzene rings is 1. The van der Waals surface area contributed by atoms with E-state index in [1.54, 1.807) is 0 Å². The van der Waals surface area contributed by atoms with Crippen LogP contribution in [-0.4, -0.2) is 18.9 Å². The van der Waals surface area contributed by atoms with Crippen molar-refractivity contribution in [3.63, 3.8) is 0 Å². The molecule has 80 valence electrons. The van der Waals surface area contributed by atoms with E-state index >= 15 is 0 Å². The average molecular weight is 227 g/mol. The molecule has 5 nitrogen and oxygen atoms in total. The first-order chi connectivity index (χ1) is 6.95. The Morgan fingerprint density at radius 1 is 1.40 bits per heavy atom. The molecule has 0 bridgehead atoms. The zero-order valence-corrected chi connectivity index (χ0v) is 8.49. The van der Waals surface area contributed by atoms with Crippen molar-refractivity contribution in [2.75, 3.05) is 5.32 Å². The van der Waals surface area contributed by atoms with Crippen LogP contribution in [0.3, 0.4) is 0 Å². The lowest BCUT2D eigenvalue weighted by Gasteiger charge is -2.06. The Hall–Kier alpha value is -1.66. The number of anilines is 1. The Morgan fingerprint density at radius 2 is 2.00 bits per heavy atom. The number of para-hydroxylation sites is 1. The van der Waals surface area contributed by atoms with Crippen molar-refractivity contribution in [3.8, 4) is 0 Å². The smallest absolute Gasteiger partial charge is 0.296 e. The van der Waals surface area contributed by atoms with Gasteiger partial charge in [0.25, 0.3) is 10.1 Å². The molecule has 1 amide bonds. The van der Waals surface area contributed by atoms with E-state index in [-0.39, 0.29) is 10.6 Å². The van der Waals surface area contributed by atoms with Crippen molar-refractivity contribution in [1.82, 2.24) is 0 Å². The molecule has 1 aromatic rings. The fourth-order valence-electron chi connectivity index (χ4n) is 0.979. The molecular weight excluding hydrogens is 218 g/mol. The van der Waals surface area contributed by atoms with Crippen molar-refractivity contribution < 1.29 is 17.8 Å². The average Bonchev–Trinajstić information content (AvgIpc) is 2.17. The van der Waals surface area contributed by atoms with Gasteiger partial charge in [0.2, 0.25) is 5.91 Å². The quantitative estimate of drug-likeness (QED) is 0.597. The van der Waals surface area contributed by atoms with Crippen LogP contribution in [0.1, 0.15) is 0 Å². The summed E-state index contributed by atoms with van der Waals surface area (Å²) in [5, 5.41) is 2.27. The third kappa shape index (κ3) is 2.90. The number of carbonyl (C=O) groups is 1. The van der Waals surface area contributed by atoms with Gasteiger partial charge >= 0.3 is 0 Å². The summed E-state index contributed by atoms with van der Waals surface area (Å²) in [7, 11) is -4.34. The maximum absolute atomic E-state index is 11.0. The van der Waals surface area contributed by atoms with Crippen LogP contribution in [0, 0.1) is 0 Å². The number of hydrogen-bond acceptors (Lipinski definition) is 3. The lowest BCUT2D eigenvalue weighted by molar-refractivity contribution is -0.111. The lowest BCUT2D eigenvalue weighted by atomic mass is 10.3. The van der Waals surface area contributed by atoms with E-state index in [9.17, 15) is 13.2 Å². The van der Waals surface area contributed by atoms with Crippen LogP contribution in [0.4, 0.5) is 5.69 Å². The van der Waals surface area contributed by atoms with E-state index in [0.29, 0.717) is 0 Å². The predicted octanol–water partition coefficient (Wildman–Crippen LogP) is 1.06. The molecule has 15 heavy (non-hydrogen) atoms. The highest BCUT2D eigenvalue weighted by atomic mass is 32.2. The van der Waals surface area contributed by atoms with Gasteiger partial charge in [0.05, 0.1) is 5.69 Å². The molecule has 0 radical (unpaired) electrons. The fraction of sp³-hybridized carbons (Fsp3) is 0. The Morgan fingerprint density at radius 3 is 2.53 bits per heavy atom. The molecule has 6 heteroatoms. The summed E-state index contributed by atoms with van der Waals surface area (Å²) in [6.45, 7) is 3.22. The standard InChI is InChI=1S/C9H9NO4S/c1-2-9(11)10-7-5-3-4-6-8(7)15(12,13)14/h2-6H,1H2,(H,10,11)(H,12,13,14). The van der Waals surface area contributed by atoms with Gasteiger partial charge in [0.1, 0.15) is 4.90 Å². The minimum Gasteiger partial charge on any atom is -0.321 e. The summed E-state index contributed by atoms with van der Waals surface area (Å²) in [6, 6.07) is 5.53. The van der Waals surface area contributed by atoms with Crippen LogP contribution in [0.2, 0.25) is 0 Å². The third-order valence-corrected chi connectivity index (χ3v) is 2.52. The maximum Gasteiger partial charge on any atom is 0.296 e. The second-order valence-electron chi connectivity index (χ2n) is 2.66. The normalized spacial score (nSPS) is 10.7. The van der Waals surface area contributed by atoms with E-state index < -0.39 is 16.0 Å². The first-order valence-corrected chi connectivity index (χ1v) is 5.39. The number of carbonyl (C=O) groups excluding carboxylic acids is 1. The molecule has 0 aliphatic heterocycles. The zero-order valence-electron chi connectivity index (χ0n) is 7.67. The van der Waals surface area contributed by atoms with Gasteiger partial charge in [-0.15, -0.1) is 0 Å². The van der Waals surface area contributed by atoms with Crippen molar-refractivity contribution in [3.05, 3.63) is 36.9 Å². The van der Waals surface area contributed by atoms with Gasteiger partial charge in [-0.3, -0.25) is 9.35 Å². The van der Waals surface area contributed by atoms with Gasteiger partial charge < -0.3 is 5.32 Å². The summed E-state index contributed by atoms with van der Waals surface area (Å²) < 4.78 is 30.7. The molecule has 0 unspecified atom stereocenters. The van der Waals surface area contributed by atoms with Crippen LogP contribution in [0.5, 0.6) is 0 Å². The van der Waals surface area contributed by atoms with E-state index in [2.05, 4.69) is 11.9 Å². The molecule has 2 N–H and O–H groups in total. The zero-order chi connectivity index (χ0) is 11.5. The Labute approximate surface area is 87.2 Å². The molecule has 0 spiro atoms. The number of nitrogens with one attached hydrogen (secondary N) is 1. The first kappa shape index (κ1) is 11.4. The van der Waals surface area contributed by atoms with Crippen LogP contribution < -0.4 is 5.32 Å².